The molecule has 11 heteroatoms. The number of imidazole rings is 2. The first-order chi connectivity index (χ1) is 22.3. The Bertz CT molecular complexity index is 1820. The molecule has 2 fully saturated rings. The van der Waals surface area contributed by atoms with Gasteiger partial charge in [-0.25, -0.2) is 19.6 Å². The van der Waals surface area contributed by atoms with E-state index in [0.29, 0.717) is 13.1 Å². The van der Waals surface area contributed by atoms with Crippen LogP contribution in [0.2, 0.25) is 0 Å². The Labute approximate surface area is 273 Å². The Morgan fingerprint density at radius 3 is 1.55 bits per heavy atom. The van der Waals surface area contributed by atoms with Gasteiger partial charge in [0.15, 0.2) is 0 Å². The predicted octanol–water partition coefficient (Wildman–Crippen LogP) is 8.51. The number of nitrogens with zero attached hydrogens (tertiary/aromatic N) is 4. The predicted molar refractivity (Wildman–Crippen MR) is 179 cm³/mol. The Morgan fingerprint density at radius 1 is 0.723 bits per heavy atom. The first-order valence-corrected chi connectivity index (χ1v) is 16.4. The quantitative estimate of drug-likeness (QED) is 0.202. The number of hydrogen-bond acceptors (Lipinski definition) is 7. The molecule has 0 spiro atoms. The number of hydrogen-bond donors (Lipinski definition) is 2. The van der Waals surface area contributed by atoms with Gasteiger partial charge in [0.25, 0.3) is 0 Å². The maximum atomic E-state index is 12.8. The molecule has 246 valence electrons. The van der Waals surface area contributed by atoms with Crippen LogP contribution in [0.3, 0.4) is 0 Å². The average molecular weight is 639 g/mol. The van der Waals surface area contributed by atoms with E-state index < -0.39 is 11.2 Å². The molecular formula is C36H42N6O5. The molecule has 47 heavy (non-hydrogen) atoms. The molecular weight excluding hydrogens is 596 g/mol. The summed E-state index contributed by atoms with van der Waals surface area (Å²) in [6.45, 7) is 12.6. The molecule has 2 saturated heterocycles. The van der Waals surface area contributed by atoms with Crippen LogP contribution in [0.5, 0.6) is 0 Å². The van der Waals surface area contributed by atoms with Crippen LogP contribution in [0.25, 0.3) is 44.5 Å². The van der Waals surface area contributed by atoms with Crippen molar-refractivity contribution in [2.75, 3.05) is 13.1 Å². The number of aromatic nitrogens is 4. The van der Waals surface area contributed by atoms with Crippen LogP contribution in [0.4, 0.5) is 9.59 Å². The molecule has 0 unspecified atom stereocenters. The van der Waals surface area contributed by atoms with Crippen molar-refractivity contribution >= 4 is 34.1 Å². The van der Waals surface area contributed by atoms with Crippen LogP contribution in [0.1, 0.15) is 91.0 Å². The number of rotatable bonds is 4. The molecule has 3 aromatic heterocycles. The maximum Gasteiger partial charge on any atom is 0.410 e. The zero-order valence-electron chi connectivity index (χ0n) is 27.8. The number of nitrogens with one attached hydrogen (secondary N) is 2. The van der Waals surface area contributed by atoms with Gasteiger partial charge in [-0.15, -0.1) is 0 Å². The number of H-pyrrole nitrogens is 2. The van der Waals surface area contributed by atoms with Crippen LogP contribution in [-0.2, 0) is 9.47 Å². The van der Waals surface area contributed by atoms with Crippen LogP contribution in [-0.4, -0.2) is 66.2 Å². The number of carbonyl (C=O) groups excluding carboxylic acids is 2. The summed E-state index contributed by atoms with van der Waals surface area (Å²) in [6, 6.07) is 12.0. The second-order valence-electron chi connectivity index (χ2n) is 14.6. The van der Waals surface area contributed by atoms with Gasteiger partial charge in [0.05, 0.1) is 35.9 Å². The molecule has 0 radical (unpaired) electrons. The SMILES string of the molecule is CC(C)(C)OC(=O)N1CCC[C@@H]1c1ncc(-c2ccc3c(c2)oc2cc(-c4cnc([C@@H]5CCCN5C(=O)OC(C)(C)C)[nH]4)ccc23)[nH]1. The molecule has 0 saturated carbocycles. The third-order valence-electron chi connectivity index (χ3n) is 8.68. The largest absolute Gasteiger partial charge is 0.456 e. The smallest absolute Gasteiger partial charge is 0.410 e. The molecule has 2 aromatic carbocycles. The lowest BCUT2D eigenvalue weighted by Crippen LogP contribution is -2.36. The molecule has 2 aliphatic heterocycles. The fourth-order valence-corrected chi connectivity index (χ4v) is 6.60. The number of carbonyl (C=O) groups is 2. The highest BCUT2D eigenvalue weighted by molar-refractivity contribution is 6.06. The number of likely N-dealkylation sites (tertiary alicyclic amines) is 2. The summed E-state index contributed by atoms with van der Waals surface area (Å²) in [5.41, 5.74) is 4.04. The molecule has 11 nitrogen and oxygen atoms in total. The van der Waals surface area contributed by atoms with Gasteiger partial charge in [-0.3, -0.25) is 9.80 Å². The van der Waals surface area contributed by atoms with Gasteiger partial charge in [0.2, 0.25) is 0 Å². The van der Waals surface area contributed by atoms with E-state index >= 15 is 0 Å². The third kappa shape index (κ3) is 6.18. The van der Waals surface area contributed by atoms with Gasteiger partial charge in [-0.1, -0.05) is 12.1 Å². The van der Waals surface area contributed by atoms with Crippen molar-refractivity contribution in [3.05, 3.63) is 60.4 Å². The lowest BCUT2D eigenvalue weighted by molar-refractivity contribution is 0.0208. The van der Waals surface area contributed by atoms with Gasteiger partial charge in [0, 0.05) is 35.0 Å². The van der Waals surface area contributed by atoms with Gasteiger partial charge < -0.3 is 23.9 Å². The van der Waals surface area contributed by atoms with E-state index in [-0.39, 0.29) is 24.3 Å². The molecule has 5 aromatic rings. The molecule has 0 aliphatic carbocycles. The topological polar surface area (TPSA) is 130 Å². The van der Waals surface area contributed by atoms with E-state index in [0.717, 1.165) is 81.8 Å². The Hall–Kier alpha value is -4.80. The molecule has 5 heterocycles. The zero-order valence-corrected chi connectivity index (χ0v) is 27.8. The number of amides is 2. The monoisotopic (exact) mass is 638 g/mol. The van der Waals surface area contributed by atoms with Crippen molar-refractivity contribution in [3.8, 4) is 22.5 Å². The lowest BCUT2D eigenvalue weighted by Gasteiger charge is -2.27. The standard InChI is InChI=1S/C36H42N6O5/c1-35(2,3)46-33(43)41-15-7-9-27(41)31-37-19-25(39-31)21-11-13-23-24-14-12-22(18-30(24)45-29(23)17-21)26-20-38-32(40-26)28-10-8-16-42(28)34(44)47-36(4,5)6/h11-14,17-20,27-28H,7-10,15-16H2,1-6H3,(H,37,39)(H,38,40)/t27-,28+. The highest BCUT2D eigenvalue weighted by Crippen LogP contribution is 2.37. The molecule has 0 bridgehead atoms. The number of benzene rings is 2. The fraction of sp³-hybridized carbons (Fsp3) is 0.444. The Balaban J connectivity index is 1.11. The normalized spacial score (nSPS) is 18.9. The summed E-state index contributed by atoms with van der Waals surface area (Å²) in [7, 11) is 0. The number of fused-ring (bicyclic) bond motifs is 3. The van der Waals surface area contributed by atoms with Crippen LogP contribution in [0, 0.1) is 0 Å². The highest BCUT2D eigenvalue weighted by Gasteiger charge is 2.36. The van der Waals surface area contributed by atoms with Crippen molar-refractivity contribution < 1.29 is 23.5 Å². The Morgan fingerprint density at radius 2 is 1.15 bits per heavy atom. The van der Waals surface area contributed by atoms with E-state index in [2.05, 4.69) is 44.2 Å². The molecule has 2 N–H and O–H groups in total. The van der Waals surface area contributed by atoms with E-state index in [4.69, 9.17) is 13.9 Å². The second kappa shape index (κ2) is 11.5. The lowest BCUT2D eigenvalue weighted by atomic mass is 10.1. The van der Waals surface area contributed by atoms with Gasteiger partial charge in [-0.05, 0) is 91.5 Å². The number of aromatic amines is 2. The van der Waals surface area contributed by atoms with Crippen molar-refractivity contribution in [2.45, 2.75) is 90.5 Å². The molecule has 2 amide bonds. The van der Waals surface area contributed by atoms with Gasteiger partial charge in [-0.2, -0.15) is 0 Å². The zero-order chi connectivity index (χ0) is 33.1. The second-order valence-corrected chi connectivity index (χ2v) is 14.6. The van der Waals surface area contributed by atoms with E-state index in [9.17, 15) is 9.59 Å². The van der Waals surface area contributed by atoms with Crippen LogP contribution in [0.15, 0.2) is 53.2 Å². The first kappa shape index (κ1) is 30.8. The average Bonchev–Trinajstić information content (AvgIpc) is 3.83. The summed E-state index contributed by atoms with van der Waals surface area (Å²) in [6.07, 6.45) is 6.47. The number of furan rings is 1. The van der Waals surface area contributed by atoms with E-state index in [1.165, 1.54) is 0 Å². The van der Waals surface area contributed by atoms with E-state index in [1.54, 1.807) is 9.80 Å². The van der Waals surface area contributed by atoms with Crippen molar-refractivity contribution in [1.82, 2.24) is 29.7 Å². The molecule has 2 atom stereocenters. The molecule has 7 rings (SSSR count). The van der Waals surface area contributed by atoms with Crippen molar-refractivity contribution in [3.63, 3.8) is 0 Å². The fourth-order valence-electron chi connectivity index (χ4n) is 6.60. The Kier molecular flexibility index (Phi) is 7.52. The first-order valence-electron chi connectivity index (χ1n) is 16.4. The third-order valence-corrected chi connectivity index (χ3v) is 8.68. The summed E-state index contributed by atoms with van der Waals surface area (Å²) >= 11 is 0. The summed E-state index contributed by atoms with van der Waals surface area (Å²) in [5, 5.41) is 2.04. The van der Waals surface area contributed by atoms with Gasteiger partial charge in [0.1, 0.15) is 34.0 Å². The molecule has 2 aliphatic rings. The van der Waals surface area contributed by atoms with Crippen molar-refractivity contribution in [1.29, 1.82) is 0 Å². The minimum atomic E-state index is -0.552. The van der Waals surface area contributed by atoms with Crippen molar-refractivity contribution in [2.24, 2.45) is 0 Å². The number of ether oxygens (including phenoxy) is 2. The summed E-state index contributed by atoms with van der Waals surface area (Å²) in [4.78, 5) is 45.4. The summed E-state index contributed by atoms with van der Waals surface area (Å²) in [5.74, 6) is 1.51. The maximum absolute atomic E-state index is 12.8. The summed E-state index contributed by atoms with van der Waals surface area (Å²) < 4.78 is 17.6. The highest BCUT2D eigenvalue weighted by atomic mass is 16.6. The van der Waals surface area contributed by atoms with Gasteiger partial charge >= 0.3 is 12.2 Å². The minimum Gasteiger partial charge on any atom is -0.456 e. The van der Waals surface area contributed by atoms with Crippen LogP contribution >= 0.6 is 0 Å². The van der Waals surface area contributed by atoms with E-state index in [1.807, 2.05) is 66.1 Å². The van der Waals surface area contributed by atoms with Crippen LogP contribution < -0.4 is 0 Å². The minimum absolute atomic E-state index is 0.149.